The molecule has 0 radical (unpaired) electrons. The second kappa shape index (κ2) is 8.23. The van der Waals surface area contributed by atoms with Crippen molar-refractivity contribution < 1.29 is 19.5 Å². The largest absolute Gasteiger partial charge is 0.488 e. The third-order valence-electron chi connectivity index (χ3n) is 4.06. The summed E-state index contributed by atoms with van der Waals surface area (Å²) in [7, 11) is 1.19. The fourth-order valence-corrected chi connectivity index (χ4v) is 2.83. The summed E-state index contributed by atoms with van der Waals surface area (Å²) in [4.78, 5) is 11.6. The molecular weight excluding hydrogens is 342 g/mol. The van der Waals surface area contributed by atoms with Crippen LogP contribution in [0.1, 0.15) is 29.2 Å². The van der Waals surface area contributed by atoms with Gasteiger partial charge in [0.15, 0.2) is 0 Å². The van der Waals surface area contributed by atoms with Crippen molar-refractivity contribution in [1.82, 2.24) is 0 Å². The zero-order valence-electron chi connectivity index (χ0n) is 14.8. The number of rotatable bonds is 5. The van der Waals surface area contributed by atoms with Gasteiger partial charge < -0.3 is 9.47 Å². The molecule has 2 aromatic rings. The monoisotopic (exact) mass is 363 g/mol. The van der Waals surface area contributed by atoms with E-state index in [2.05, 4.69) is 17.7 Å². The molecule has 0 saturated heterocycles. The second-order valence-electron chi connectivity index (χ2n) is 5.71. The van der Waals surface area contributed by atoms with Gasteiger partial charge in [-0.1, -0.05) is 30.7 Å². The summed E-state index contributed by atoms with van der Waals surface area (Å²) in [5, 5.41) is 10.8. The lowest BCUT2D eigenvalue weighted by Crippen LogP contribution is -2.28. The molecule has 0 aliphatic rings. The van der Waals surface area contributed by atoms with Crippen molar-refractivity contribution in [2.75, 3.05) is 12.2 Å². The second-order valence-corrected chi connectivity index (χ2v) is 6.11. The molecule has 0 bridgehead atoms. The molecule has 25 heavy (non-hydrogen) atoms. The Bertz CT molecular complexity index is 776. The highest BCUT2D eigenvalue weighted by molar-refractivity contribution is 6.31. The van der Waals surface area contributed by atoms with Crippen LogP contribution in [0.15, 0.2) is 30.3 Å². The highest BCUT2D eigenvalue weighted by Crippen LogP contribution is 2.30. The topological polar surface area (TPSA) is 59.0 Å². The van der Waals surface area contributed by atoms with E-state index in [-0.39, 0.29) is 12.3 Å². The van der Waals surface area contributed by atoms with E-state index >= 15 is 0 Å². The first kappa shape index (κ1) is 19.1. The van der Waals surface area contributed by atoms with Crippen LogP contribution in [0.4, 0.5) is 10.5 Å². The molecule has 6 heteroatoms. The Morgan fingerprint density at radius 2 is 1.96 bits per heavy atom. The number of hydroxylamine groups is 1. The molecule has 0 unspecified atom stereocenters. The lowest BCUT2D eigenvalue weighted by Gasteiger charge is -2.19. The number of benzene rings is 2. The standard InChI is InChI=1S/C19H22ClNO4/c1-5-14-9-13(3)18(10-12(14)2)25-11-15-16(20)7-6-8-17(15)21(23)19(22)24-4/h6-10,23H,5,11H2,1-4H3. The molecule has 0 fully saturated rings. The number of aryl methyl sites for hydroxylation is 3. The van der Waals surface area contributed by atoms with Crippen molar-refractivity contribution in [3.05, 3.63) is 57.6 Å². The van der Waals surface area contributed by atoms with E-state index in [1.807, 2.05) is 19.9 Å². The van der Waals surface area contributed by atoms with Gasteiger partial charge in [0, 0.05) is 10.6 Å². The van der Waals surface area contributed by atoms with Crippen LogP contribution in [0, 0.1) is 13.8 Å². The van der Waals surface area contributed by atoms with Gasteiger partial charge in [-0.15, -0.1) is 0 Å². The lowest BCUT2D eigenvalue weighted by atomic mass is 10.0. The predicted octanol–water partition coefficient (Wildman–Crippen LogP) is 5.06. The number of hydrogen-bond donors (Lipinski definition) is 1. The maximum atomic E-state index is 11.6. The van der Waals surface area contributed by atoms with E-state index in [4.69, 9.17) is 16.3 Å². The summed E-state index contributed by atoms with van der Waals surface area (Å²) >= 11 is 6.24. The molecule has 0 aliphatic heterocycles. The SMILES string of the molecule is CCc1cc(C)c(OCc2c(Cl)cccc2N(O)C(=O)OC)cc1C. The minimum atomic E-state index is -0.900. The van der Waals surface area contributed by atoms with Gasteiger partial charge in [-0.3, -0.25) is 5.21 Å². The highest BCUT2D eigenvalue weighted by Gasteiger charge is 2.19. The van der Waals surface area contributed by atoms with Gasteiger partial charge >= 0.3 is 6.09 Å². The Balaban J connectivity index is 2.30. The van der Waals surface area contributed by atoms with Gasteiger partial charge in [0.1, 0.15) is 12.4 Å². The smallest absolute Gasteiger partial charge is 0.438 e. The van der Waals surface area contributed by atoms with Crippen LogP contribution < -0.4 is 9.80 Å². The number of halogens is 1. The van der Waals surface area contributed by atoms with E-state index in [0.29, 0.717) is 15.6 Å². The molecule has 0 spiro atoms. The van der Waals surface area contributed by atoms with Gasteiger partial charge in [-0.25, -0.2) is 4.79 Å². The van der Waals surface area contributed by atoms with Gasteiger partial charge in [0.2, 0.25) is 0 Å². The molecule has 1 N–H and O–H groups in total. The van der Waals surface area contributed by atoms with Gasteiger partial charge in [-0.2, -0.15) is 5.06 Å². The average Bonchev–Trinajstić information content (AvgIpc) is 2.61. The average molecular weight is 364 g/mol. The number of anilines is 1. The minimum absolute atomic E-state index is 0.106. The summed E-state index contributed by atoms with van der Waals surface area (Å²) in [6.45, 7) is 6.24. The zero-order valence-corrected chi connectivity index (χ0v) is 15.6. The van der Waals surface area contributed by atoms with Gasteiger partial charge in [0.05, 0.1) is 12.8 Å². The Morgan fingerprint density at radius 1 is 1.24 bits per heavy atom. The van der Waals surface area contributed by atoms with Crippen LogP contribution in [-0.2, 0) is 17.8 Å². The van der Waals surface area contributed by atoms with Crippen LogP contribution in [0.5, 0.6) is 5.75 Å². The number of ether oxygens (including phenoxy) is 2. The number of carbonyl (C=O) groups excluding carboxylic acids is 1. The first-order valence-corrected chi connectivity index (χ1v) is 8.34. The normalized spacial score (nSPS) is 10.5. The van der Waals surface area contributed by atoms with Crippen molar-refractivity contribution >= 4 is 23.4 Å². The van der Waals surface area contributed by atoms with E-state index < -0.39 is 6.09 Å². The van der Waals surface area contributed by atoms with Crippen LogP contribution >= 0.6 is 11.6 Å². The molecular formula is C19H22ClNO4. The maximum Gasteiger partial charge on any atom is 0.438 e. The van der Waals surface area contributed by atoms with E-state index in [1.165, 1.54) is 12.7 Å². The third kappa shape index (κ3) is 4.24. The molecule has 1 amide bonds. The van der Waals surface area contributed by atoms with Crippen molar-refractivity contribution in [3.8, 4) is 5.75 Å². The van der Waals surface area contributed by atoms with Crippen molar-refractivity contribution in [2.24, 2.45) is 0 Å². The fourth-order valence-electron chi connectivity index (χ4n) is 2.61. The molecule has 2 aromatic carbocycles. The van der Waals surface area contributed by atoms with Gasteiger partial charge in [0.25, 0.3) is 0 Å². The Kier molecular flexibility index (Phi) is 6.28. The molecule has 2 rings (SSSR count). The summed E-state index contributed by atoms with van der Waals surface area (Å²) in [6, 6.07) is 8.97. The van der Waals surface area contributed by atoms with E-state index in [0.717, 1.165) is 23.3 Å². The molecule has 0 saturated carbocycles. The van der Waals surface area contributed by atoms with Crippen LogP contribution in [0.2, 0.25) is 5.02 Å². The first-order valence-electron chi connectivity index (χ1n) is 7.96. The summed E-state index contributed by atoms with van der Waals surface area (Å²) < 4.78 is 10.5. The summed E-state index contributed by atoms with van der Waals surface area (Å²) in [5.74, 6) is 0.739. The summed E-state index contributed by atoms with van der Waals surface area (Å²) in [5.41, 5.74) is 4.16. The maximum absolute atomic E-state index is 11.6. The highest BCUT2D eigenvalue weighted by atomic mass is 35.5. The number of hydrogen-bond acceptors (Lipinski definition) is 4. The minimum Gasteiger partial charge on any atom is -0.488 e. The molecule has 0 atom stereocenters. The third-order valence-corrected chi connectivity index (χ3v) is 4.41. The van der Waals surface area contributed by atoms with Crippen molar-refractivity contribution in [2.45, 2.75) is 33.8 Å². The number of amides is 1. The number of methoxy groups -OCH3 is 1. The quantitative estimate of drug-likeness (QED) is 0.595. The Hall–Kier alpha value is -2.24. The van der Waals surface area contributed by atoms with Crippen molar-refractivity contribution in [1.29, 1.82) is 0 Å². The lowest BCUT2D eigenvalue weighted by molar-refractivity contribution is 0.140. The molecule has 0 aromatic heterocycles. The number of nitrogens with zero attached hydrogens (tertiary/aromatic N) is 1. The molecule has 0 aliphatic carbocycles. The summed E-state index contributed by atoms with van der Waals surface area (Å²) in [6.07, 6.45) is 0.0584. The van der Waals surface area contributed by atoms with Crippen LogP contribution in [0.25, 0.3) is 0 Å². The van der Waals surface area contributed by atoms with Crippen LogP contribution in [0.3, 0.4) is 0 Å². The predicted molar refractivity (Wildman–Crippen MR) is 97.7 cm³/mol. The zero-order chi connectivity index (χ0) is 18.6. The van der Waals surface area contributed by atoms with E-state index in [9.17, 15) is 10.0 Å². The number of carbonyl (C=O) groups is 1. The van der Waals surface area contributed by atoms with Crippen LogP contribution in [-0.4, -0.2) is 18.4 Å². The molecule has 0 heterocycles. The molecule has 134 valence electrons. The molecule has 5 nitrogen and oxygen atoms in total. The Morgan fingerprint density at radius 3 is 2.60 bits per heavy atom. The first-order chi connectivity index (χ1) is 11.9. The van der Waals surface area contributed by atoms with Crippen molar-refractivity contribution in [3.63, 3.8) is 0 Å². The fraction of sp³-hybridized carbons (Fsp3) is 0.316. The Labute approximate surface area is 152 Å². The van der Waals surface area contributed by atoms with E-state index in [1.54, 1.807) is 18.2 Å². The van der Waals surface area contributed by atoms with Gasteiger partial charge in [-0.05, 0) is 55.2 Å².